The van der Waals surface area contributed by atoms with Gasteiger partial charge in [-0.2, -0.15) is 0 Å². The van der Waals surface area contributed by atoms with Gasteiger partial charge >= 0.3 is 5.97 Å². The van der Waals surface area contributed by atoms with Crippen LogP contribution in [0.2, 0.25) is 0 Å². The van der Waals surface area contributed by atoms with Crippen LogP contribution < -0.4 is 0 Å². The van der Waals surface area contributed by atoms with Gasteiger partial charge < -0.3 is 19.4 Å². The number of hydrogen-bond donors (Lipinski definition) is 2. The lowest BCUT2D eigenvalue weighted by Gasteiger charge is -2.64. The first kappa shape index (κ1) is 24.5. The van der Waals surface area contributed by atoms with Crippen LogP contribution in [-0.4, -0.2) is 50.9 Å². The zero-order chi connectivity index (χ0) is 25.4. The smallest absolute Gasteiger partial charge is 0.375 e. The Balaban J connectivity index is 1.61. The van der Waals surface area contributed by atoms with E-state index >= 15 is 0 Å². The highest BCUT2D eigenvalue weighted by molar-refractivity contribution is 6.26. The number of aliphatic hydroxyl groups is 2. The first-order chi connectivity index (χ1) is 16.5. The Morgan fingerprint density at radius 1 is 1.29 bits per heavy atom. The maximum Gasteiger partial charge on any atom is 0.375 e. The molecule has 3 saturated carbocycles. The molecule has 188 valence electrons. The fourth-order valence-corrected chi connectivity index (χ4v) is 8.63. The topological polar surface area (TPSA) is 114 Å². The molecule has 1 aromatic heterocycles. The summed E-state index contributed by atoms with van der Waals surface area (Å²) in [4.78, 5) is 37.5. The highest BCUT2D eigenvalue weighted by Gasteiger charge is 2.76. The van der Waals surface area contributed by atoms with Crippen LogP contribution in [0.15, 0.2) is 46.6 Å². The molecule has 7 nitrogen and oxygen atoms in total. The van der Waals surface area contributed by atoms with Gasteiger partial charge in [0.25, 0.3) is 0 Å². The van der Waals surface area contributed by atoms with Gasteiger partial charge in [-0.05, 0) is 61.8 Å². The molecule has 4 aliphatic carbocycles. The van der Waals surface area contributed by atoms with Gasteiger partial charge in [-0.3, -0.25) is 9.59 Å². The molecule has 2 N–H and O–H groups in total. The van der Waals surface area contributed by atoms with E-state index in [-0.39, 0.29) is 29.8 Å². The molecule has 3 fully saturated rings. The van der Waals surface area contributed by atoms with Gasteiger partial charge in [0.2, 0.25) is 11.5 Å². The van der Waals surface area contributed by atoms with Crippen molar-refractivity contribution >= 4 is 29.1 Å². The maximum absolute atomic E-state index is 13.5. The number of ketones is 2. The Labute approximate surface area is 209 Å². The van der Waals surface area contributed by atoms with Gasteiger partial charge in [-0.15, -0.1) is 11.6 Å². The molecule has 8 heteroatoms. The monoisotopic (exact) mass is 502 g/mol. The summed E-state index contributed by atoms with van der Waals surface area (Å²) in [5, 5.41) is 21.7. The number of hydrogen-bond acceptors (Lipinski definition) is 7. The second kappa shape index (κ2) is 7.89. The number of esters is 1. The zero-order valence-electron chi connectivity index (χ0n) is 20.1. The summed E-state index contributed by atoms with van der Waals surface area (Å²) < 4.78 is 11.2. The molecule has 1 heterocycles. The highest BCUT2D eigenvalue weighted by Crippen LogP contribution is 2.72. The summed E-state index contributed by atoms with van der Waals surface area (Å²) >= 11 is 7.45. The molecule has 8 atom stereocenters. The first-order valence-electron chi connectivity index (χ1n) is 12.2. The van der Waals surface area contributed by atoms with Crippen LogP contribution in [0.4, 0.5) is 0 Å². The number of carbonyl (C=O) groups is 3. The number of aliphatic hydroxyl groups excluding tert-OH is 2. The minimum Gasteiger partial charge on any atom is -0.457 e. The van der Waals surface area contributed by atoms with E-state index in [0.29, 0.717) is 19.3 Å². The van der Waals surface area contributed by atoms with Crippen molar-refractivity contribution in [1.82, 2.24) is 0 Å². The predicted molar refractivity (Wildman–Crippen MR) is 127 cm³/mol. The molecule has 0 saturated heterocycles. The lowest BCUT2D eigenvalue weighted by atomic mass is 9.45. The van der Waals surface area contributed by atoms with Crippen LogP contribution in [0.1, 0.15) is 57.0 Å². The second-order valence-electron chi connectivity index (χ2n) is 11.1. The van der Waals surface area contributed by atoms with Crippen molar-refractivity contribution in [3.63, 3.8) is 0 Å². The van der Waals surface area contributed by atoms with Crippen molar-refractivity contribution in [3.8, 4) is 0 Å². The largest absolute Gasteiger partial charge is 0.457 e. The standard InChI is InChI=1S/C27H31ClO7/c1-15-11-19-18-7-6-16-12-17(30)8-9-24(16,2)26(18,28)21(31)13-25(19,3)27(15,22(32)14-29)35-23(33)20-5-4-10-34-20/h4-5,8-10,12,15,18-19,21,29,31H,6-7,11,13-14H2,1-3H3/t15-,18-,19-,21-,24-,25+,26-,27+/m0/s1. The number of carbonyl (C=O) groups excluding carboxylic acids is 3. The third-order valence-electron chi connectivity index (χ3n) is 9.71. The third-order valence-corrected chi connectivity index (χ3v) is 10.6. The predicted octanol–water partition coefficient (Wildman–Crippen LogP) is 3.62. The van der Waals surface area contributed by atoms with Crippen molar-refractivity contribution in [2.75, 3.05) is 6.61 Å². The molecule has 1 aromatic rings. The lowest BCUT2D eigenvalue weighted by molar-refractivity contribution is -0.181. The Hall–Kier alpha value is -2.22. The Kier molecular flexibility index (Phi) is 5.52. The van der Waals surface area contributed by atoms with Crippen molar-refractivity contribution in [1.29, 1.82) is 0 Å². The second-order valence-corrected chi connectivity index (χ2v) is 11.7. The van der Waals surface area contributed by atoms with E-state index in [2.05, 4.69) is 0 Å². The molecule has 4 aliphatic rings. The molecular weight excluding hydrogens is 472 g/mol. The van der Waals surface area contributed by atoms with E-state index in [1.807, 2.05) is 26.8 Å². The van der Waals surface area contributed by atoms with Crippen LogP contribution in [0.3, 0.4) is 0 Å². The van der Waals surface area contributed by atoms with E-state index in [0.717, 1.165) is 5.57 Å². The molecule has 0 unspecified atom stereocenters. The fourth-order valence-electron chi connectivity index (χ4n) is 8.11. The number of ether oxygens (including phenoxy) is 1. The molecule has 35 heavy (non-hydrogen) atoms. The summed E-state index contributed by atoms with van der Waals surface area (Å²) in [6.07, 6.45) is 7.17. The molecule has 0 aromatic carbocycles. The first-order valence-corrected chi connectivity index (χ1v) is 12.6. The number of rotatable bonds is 4. The van der Waals surface area contributed by atoms with Gasteiger partial charge in [0, 0.05) is 16.7 Å². The molecule has 0 bridgehead atoms. The van der Waals surface area contributed by atoms with Crippen molar-refractivity contribution in [2.45, 2.75) is 63.0 Å². The van der Waals surface area contributed by atoms with Crippen molar-refractivity contribution < 1.29 is 33.8 Å². The average Bonchev–Trinajstić information content (AvgIpc) is 3.42. The molecule has 0 radical (unpaired) electrons. The van der Waals surface area contributed by atoms with Crippen molar-refractivity contribution in [3.05, 3.63) is 48.0 Å². The summed E-state index contributed by atoms with van der Waals surface area (Å²) in [5.74, 6) is -2.28. The van der Waals surface area contributed by atoms with Crippen LogP contribution in [-0.2, 0) is 14.3 Å². The maximum atomic E-state index is 13.5. The summed E-state index contributed by atoms with van der Waals surface area (Å²) in [7, 11) is 0. The van der Waals surface area contributed by atoms with E-state index < -0.39 is 51.7 Å². The third kappa shape index (κ3) is 2.95. The molecule has 5 rings (SSSR count). The molecular formula is C27H31ClO7. The number of halogens is 1. The Morgan fingerprint density at radius 3 is 2.69 bits per heavy atom. The average molecular weight is 503 g/mol. The molecule has 0 amide bonds. The number of Topliss-reactive ketones (excluding diaryl/α,β-unsaturated/α-hetero) is 1. The zero-order valence-corrected chi connectivity index (χ0v) is 20.9. The van der Waals surface area contributed by atoms with Crippen LogP contribution in [0, 0.1) is 28.6 Å². The molecule has 0 spiro atoms. The minimum absolute atomic E-state index is 0.0330. The van der Waals surface area contributed by atoms with Crippen LogP contribution in [0.5, 0.6) is 0 Å². The van der Waals surface area contributed by atoms with E-state index in [1.165, 1.54) is 18.4 Å². The molecule has 0 aliphatic heterocycles. The fraction of sp³-hybridized carbons (Fsp3) is 0.593. The van der Waals surface area contributed by atoms with Crippen LogP contribution >= 0.6 is 11.6 Å². The Morgan fingerprint density at radius 2 is 2.03 bits per heavy atom. The number of fused-ring (bicyclic) bond motifs is 5. The SMILES string of the molecule is C[C@H]1C[C@H]2[C@@H]3CCC4=CC(=O)C=C[C@]4(C)[C@@]3(Cl)[C@@H](O)C[C@@]2(C)[C@]1(OC(=O)c1ccco1)C(=O)CO. The van der Waals surface area contributed by atoms with E-state index in [4.69, 9.17) is 20.8 Å². The summed E-state index contributed by atoms with van der Waals surface area (Å²) in [5.41, 5.74) is -2.44. The summed E-state index contributed by atoms with van der Waals surface area (Å²) in [6.45, 7) is 4.90. The highest BCUT2D eigenvalue weighted by atomic mass is 35.5. The number of furan rings is 1. The van der Waals surface area contributed by atoms with Gasteiger partial charge in [0.15, 0.2) is 11.4 Å². The van der Waals surface area contributed by atoms with Gasteiger partial charge in [-0.1, -0.05) is 32.4 Å². The van der Waals surface area contributed by atoms with E-state index in [9.17, 15) is 24.6 Å². The van der Waals surface area contributed by atoms with Crippen LogP contribution in [0.25, 0.3) is 0 Å². The minimum atomic E-state index is -1.65. The number of allylic oxidation sites excluding steroid dienone is 4. The van der Waals surface area contributed by atoms with E-state index in [1.54, 1.807) is 12.1 Å². The normalized spacial score (nSPS) is 44.2. The summed E-state index contributed by atoms with van der Waals surface area (Å²) in [6, 6.07) is 3.02. The van der Waals surface area contributed by atoms with Gasteiger partial charge in [0.05, 0.1) is 17.2 Å². The van der Waals surface area contributed by atoms with Crippen molar-refractivity contribution in [2.24, 2.45) is 28.6 Å². The number of alkyl halides is 1. The van der Waals surface area contributed by atoms with Gasteiger partial charge in [-0.25, -0.2) is 4.79 Å². The Bertz CT molecular complexity index is 1140. The van der Waals surface area contributed by atoms with Gasteiger partial charge in [0.1, 0.15) is 6.61 Å². The lowest BCUT2D eigenvalue weighted by Crippen LogP contribution is -2.69. The quantitative estimate of drug-likeness (QED) is 0.477.